The number of allylic oxidation sites excluding steroid dienone is 1. The first-order chi connectivity index (χ1) is 8.11. The van der Waals surface area contributed by atoms with Crippen LogP contribution < -0.4 is 4.74 Å². The summed E-state index contributed by atoms with van der Waals surface area (Å²) in [5, 5.41) is 11.4. The normalized spacial score (nSPS) is 11.8. The van der Waals surface area contributed by atoms with Gasteiger partial charge in [0.15, 0.2) is 0 Å². The first kappa shape index (κ1) is 11.1. The molecule has 0 saturated heterocycles. The Morgan fingerprint density at radius 2 is 2.41 bits per heavy atom. The van der Waals surface area contributed by atoms with Crippen molar-refractivity contribution in [2.24, 2.45) is 0 Å². The van der Waals surface area contributed by atoms with Crippen LogP contribution in [0.1, 0.15) is 12.5 Å². The van der Waals surface area contributed by atoms with E-state index in [1.54, 1.807) is 18.5 Å². The van der Waals surface area contributed by atoms with Crippen molar-refractivity contribution in [2.75, 3.05) is 7.11 Å². The molecular formula is C11H11N3O3. The van der Waals surface area contributed by atoms with E-state index in [1.165, 1.54) is 20.1 Å². The Hall–Kier alpha value is -2.37. The summed E-state index contributed by atoms with van der Waals surface area (Å²) < 4.78 is 5.02. The molecule has 0 amide bonds. The van der Waals surface area contributed by atoms with Gasteiger partial charge in [0.25, 0.3) is 0 Å². The molecule has 6 heteroatoms. The first-order valence-electron chi connectivity index (χ1n) is 4.95. The topological polar surface area (TPSA) is 81.0 Å². The van der Waals surface area contributed by atoms with Crippen molar-refractivity contribution in [1.82, 2.24) is 9.97 Å². The lowest BCUT2D eigenvalue weighted by Crippen LogP contribution is -1.92. The number of nitrogens with zero attached hydrogens (tertiary/aromatic N) is 2. The number of methoxy groups -OCH3 is 1. The molecule has 0 aliphatic heterocycles. The molecule has 0 fully saturated rings. The van der Waals surface area contributed by atoms with Gasteiger partial charge in [-0.05, 0) is 0 Å². The predicted octanol–water partition coefficient (Wildman–Crippen LogP) is 2.21. The highest BCUT2D eigenvalue weighted by Gasteiger charge is 2.08. The van der Waals surface area contributed by atoms with Gasteiger partial charge in [-0.1, -0.05) is 0 Å². The Morgan fingerprint density at radius 3 is 3.06 bits per heavy atom. The lowest BCUT2D eigenvalue weighted by molar-refractivity contribution is -0.422. The van der Waals surface area contributed by atoms with Crippen LogP contribution in [0.15, 0.2) is 24.2 Å². The van der Waals surface area contributed by atoms with Gasteiger partial charge in [-0.2, -0.15) is 0 Å². The standard InChI is InChI=1S/C11H11N3O3/c1-7(14(15)16)3-8-5-12-10-6-13-11(17-2)4-9(8)10/h3-6,12H,1-2H3/b7-3-. The summed E-state index contributed by atoms with van der Waals surface area (Å²) in [6.07, 6.45) is 4.85. The van der Waals surface area contributed by atoms with Gasteiger partial charge in [-0.15, -0.1) is 0 Å². The molecule has 0 aromatic carbocycles. The van der Waals surface area contributed by atoms with Crippen molar-refractivity contribution in [2.45, 2.75) is 6.92 Å². The molecule has 0 spiro atoms. The Kier molecular flexibility index (Phi) is 2.78. The summed E-state index contributed by atoms with van der Waals surface area (Å²) in [6.45, 7) is 1.46. The summed E-state index contributed by atoms with van der Waals surface area (Å²) in [6, 6.07) is 1.74. The van der Waals surface area contributed by atoms with Gasteiger partial charge in [-0.25, -0.2) is 4.98 Å². The fourth-order valence-electron chi connectivity index (χ4n) is 1.53. The molecule has 0 bridgehead atoms. The minimum absolute atomic E-state index is 0.0849. The third kappa shape index (κ3) is 2.10. The van der Waals surface area contributed by atoms with E-state index in [9.17, 15) is 10.1 Å². The third-order valence-electron chi connectivity index (χ3n) is 2.43. The largest absolute Gasteiger partial charge is 0.481 e. The summed E-state index contributed by atoms with van der Waals surface area (Å²) in [5.74, 6) is 0.477. The molecule has 6 nitrogen and oxygen atoms in total. The van der Waals surface area contributed by atoms with E-state index >= 15 is 0 Å². The van der Waals surface area contributed by atoms with Crippen LogP contribution in [0.2, 0.25) is 0 Å². The van der Waals surface area contributed by atoms with Gasteiger partial charge in [0.1, 0.15) is 0 Å². The van der Waals surface area contributed by atoms with E-state index < -0.39 is 4.92 Å². The van der Waals surface area contributed by atoms with Crippen LogP contribution in [0.3, 0.4) is 0 Å². The van der Waals surface area contributed by atoms with Gasteiger partial charge in [0.05, 0.1) is 23.7 Å². The van der Waals surface area contributed by atoms with E-state index in [2.05, 4.69) is 9.97 Å². The second kappa shape index (κ2) is 4.25. The zero-order chi connectivity index (χ0) is 12.4. The fraction of sp³-hybridized carbons (Fsp3) is 0.182. The van der Waals surface area contributed by atoms with E-state index in [0.29, 0.717) is 5.88 Å². The van der Waals surface area contributed by atoms with Crippen molar-refractivity contribution >= 4 is 17.0 Å². The van der Waals surface area contributed by atoms with Crippen LogP contribution in [-0.4, -0.2) is 22.0 Å². The van der Waals surface area contributed by atoms with Gasteiger partial charge in [-0.3, -0.25) is 10.1 Å². The zero-order valence-electron chi connectivity index (χ0n) is 9.43. The average molecular weight is 233 g/mol. The number of nitrogens with one attached hydrogen (secondary N) is 1. The van der Waals surface area contributed by atoms with Crippen molar-refractivity contribution in [3.63, 3.8) is 0 Å². The minimum Gasteiger partial charge on any atom is -0.481 e. The number of rotatable bonds is 3. The highest BCUT2D eigenvalue weighted by atomic mass is 16.6. The summed E-state index contributed by atoms with van der Waals surface area (Å²) in [4.78, 5) is 17.2. The molecule has 0 unspecified atom stereocenters. The smallest absolute Gasteiger partial charge is 0.243 e. The molecule has 88 valence electrons. The van der Waals surface area contributed by atoms with Gasteiger partial charge in [0, 0.05) is 36.2 Å². The van der Waals surface area contributed by atoms with E-state index in [-0.39, 0.29) is 5.70 Å². The molecule has 2 aromatic rings. The quantitative estimate of drug-likeness (QED) is 0.650. The lowest BCUT2D eigenvalue weighted by Gasteiger charge is -1.98. The number of aromatic nitrogens is 2. The monoisotopic (exact) mass is 233 g/mol. The van der Waals surface area contributed by atoms with Gasteiger partial charge >= 0.3 is 0 Å². The summed E-state index contributed by atoms with van der Waals surface area (Å²) in [5.41, 5.74) is 1.64. The molecule has 2 heterocycles. The number of fused-ring (bicyclic) bond motifs is 1. The maximum atomic E-state index is 10.6. The van der Waals surface area contributed by atoms with E-state index in [4.69, 9.17) is 4.74 Å². The molecule has 17 heavy (non-hydrogen) atoms. The van der Waals surface area contributed by atoms with Crippen LogP contribution in [0.25, 0.3) is 17.0 Å². The fourth-order valence-corrected chi connectivity index (χ4v) is 1.53. The Morgan fingerprint density at radius 1 is 1.65 bits per heavy atom. The molecule has 0 saturated carbocycles. The summed E-state index contributed by atoms with van der Waals surface area (Å²) in [7, 11) is 1.53. The van der Waals surface area contributed by atoms with Gasteiger partial charge in [0.2, 0.25) is 11.6 Å². The van der Waals surface area contributed by atoms with Crippen LogP contribution in [-0.2, 0) is 0 Å². The molecule has 2 rings (SSSR count). The zero-order valence-corrected chi connectivity index (χ0v) is 9.43. The SMILES string of the molecule is COc1cc2c(/C=C(/C)[N+](=O)[O-])c[nH]c2cn1. The van der Waals surface area contributed by atoms with Crippen LogP contribution in [0.4, 0.5) is 0 Å². The number of hydrogen-bond donors (Lipinski definition) is 1. The number of hydrogen-bond acceptors (Lipinski definition) is 4. The van der Waals surface area contributed by atoms with E-state index in [1.807, 2.05) is 0 Å². The first-order valence-corrected chi connectivity index (χ1v) is 4.95. The highest BCUT2D eigenvalue weighted by Crippen LogP contribution is 2.23. The lowest BCUT2D eigenvalue weighted by atomic mass is 10.2. The molecule has 0 radical (unpaired) electrons. The predicted molar refractivity (Wildman–Crippen MR) is 63.3 cm³/mol. The molecule has 0 aliphatic rings. The number of H-pyrrole nitrogens is 1. The minimum atomic E-state index is -0.419. The molecule has 2 aromatic heterocycles. The third-order valence-corrected chi connectivity index (χ3v) is 2.43. The Balaban J connectivity index is 2.55. The maximum absolute atomic E-state index is 10.6. The number of pyridine rings is 1. The van der Waals surface area contributed by atoms with E-state index in [0.717, 1.165) is 16.5 Å². The van der Waals surface area contributed by atoms with Gasteiger partial charge < -0.3 is 9.72 Å². The number of ether oxygens (including phenoxy) is 1. The Labute approximate surface area is 97.1 Å². The number of nitro groups is 1. The second-order valence-electron chi connectivity index (χ2n) is 3.56. The molecule has 0 atom stereocenters. The molecule has 0 aliphatic carbocycles. The maximum Gasteiger partial charge on any atom is 0.243 e. The summed E-state index contributed by atoms with van der Waals surface area (Å²) >= 11 is 0. The van der Waals surface area contributed by atoms with Crippen molar-refractivity contribution < 1.29 is 9.66 Å². The Bertz CT molecular complexity index is 601. The highest BCUT2D eigenvalue weighted by molar-refractivity contribution is 5.89. The van der Waals surface area contributed by atoms with Crippen molar-refractivity contribution in [3.05, 3.63) is 39.8 Å². The average Bonchev–Trinajstić information content (AvgIpc) is 2.71. The number of aromatic amines is 1. The molecule has 1 N–H and O–H groups in total. The van der Waals surface area contributed by atoms with Crippen LogP contribution in [0.5, 0.6) is 5.88 Å². The van der Waals surface area contributed by atoms with Crippen molar-refractivity contribution in [3.8, 4) is 5.88 Å². The van der Waals surface area contributed by atoms with Crippen LogP contribution >= 0.6 is 0 Å². The van der Waals surface area contributed by atoms with Crippen LogP contribution in [0, 0.1) is 10.1 Å². The van der Waals surface area contributed by atoms with Crippen molar-refractivity contribution in [1.29, 1.82) is 0 Å². The molecular weight excluding hydrogens is 222 g/mol. The second-order valence-corrected chi connectivity index (χ2v) is 3.56.